The number of imide groups is 1. The van der Waals surface area contributed by atoms with Gasteiger partial charge >= 0.3 is 6.09 Å². The van der Waals surface area contributed by atoms with E-state index in [1.165, 1.54) is 0 Å². The van der Waals surface area contributed by atoms with Gasteiger partial charge in [-0.05, 0) is 65.0 Å². The van der Waals surface area contributed by atoms with Crippen molar-refractivity contribution in [1.29, 1.82) is 0 Å². The van der Waals surface area contributed by atoms with Gasteiger partial charge in [0.05, 0.1) is 0 Å². The summed E-state index contributed by atoms with van der Waals surface area (Å²) in [6.07, 6.45) is 4.32. The Labute approximate surface area is 224 Å². The molecule has 4 aliphatic rings. The number of carbonyl (C=O) groups is 4. The molecule has 5 rings (SSSR count). The fraction of sp³-hybridized carbons (Fsp3) is 0.643. The highest BCUT2D eigenvalue weighted by Crippen LogP contribution is 2.33. The molecule has 206 valence electrons. The SMILES string of the molecule is CC(C)(C)OC(=O)N1CCC(N2CCC(Nc3cccc4c3CN(C3CCC(=O)NC3=O)C4=O)CC2)CC1. The van der Waals surface area contributed by atoms with Crippen LogP contribution in [0.15, 0.2) is 18.2 Å². The zero-order valence-corrected chi connectivity index (χ0v) is 22.6. The molecule has 3 fully saturated rings. The Hall–Kier alpha value is -3.14. The first-order valence-electron chi connectivity index (χ1n) is 13.8. The van der Waals surface area contributed by atoms with Crippen molar-refractivity contribution in [2.75, 3.05) is 31.5 Å². The van der Waals surface area contributed by atoms with Crippen LogP contribution in [0.2, 0.25) is 0 Å². The van der Waals surface area contributed by atoms with Crippen molar-refractivity contribution in [3.63, 3.8) is 0 Å². The Morgan fingerprint density at radius 3 is 2.37 bits per heavy atom. The lowest BCUT2D eigenvalue weighted by Gasteiger charge is -2.42. The highest BCUT2D eigenvalue weighted by molar-refractivity contribution is 6.06. The van der Waals surface area contributed by atoms with Gasteiger partial charge in [0.25, 0.3) is 5.91 Å². The van der Waals surface area contributed by atoms with Crippen molar-refractivity contribution in [3.05, 3.63) is 29.3 Å². The molecule has 1 unspecified atom stereocenters. The predicted molar refractivity (Wildman–Crippen MR) is 142 cm³/mol. The summed E-state index contributed by atoms with van der Waals surface area (Å²) in [7, 11) is 0. The number of hydrogen-bond acceptors (Lipinski definition) is 7. The Morgan fingerprint density at radius 2 is 1.71 bits per heavy atom. The van der Waals surface area contributed by atoms with Gasteiger partial charge in [0, 0.05) is 68.0 Å². The van der Waals surface area contributed by atoms with Gasteiger partial charge < -0.3 is 24.8 Å². The molecule has 10 nitrogen and oxygen atoms in total. The fourth-order valence-electron chi connectivity index (χ4n) is 6.09. The van der Waals surface area contributed by atoms with Gasteiger partial charge in [-0.3, -0.25) is 19.7 Å². The van der Waals surface area contributed by atoms with Gasteiger partial charge in [-0.1, -0.05) is 6.07 Å². The zero-order chi connectivity index (χ0) is 27.0. The van der Waals surface area contributed by atoms with Gasteiger partial charge in [-0.15, -0.1) is 0 Å². The monoisotopic (exact) mass is 525 g/mol. The largest absolute Gasteiger partial charge is 0.444 e. The van der Waals surface area contributed by atoms with Crippen molar-refractivity contribution in [2.24, 2.45) is 0 Å². The number of ether oxygens (including phenoxy) is 1. The molecule has 1 aromatic carbocycles. The molecule has 4 amide bonds. The van der Waals surface area contributed by atoms with Gasteiger partial charge in [0.2, 0.25) is 11.8 Å². The highest BCUT2D eigenvalue weighted by atomic mass is 16.6. The number of anilines is 1. The van der Waals surface area contributed by atoms with Crippen molar-refractivity contribution < 1.29 is 23.9 Å². The summed E-state index contributed by atoms with van der Waals surface area (Å²) in [6.45, 7) is 9.50. The molecule has 3 saturated heterocycles. The third-order valence-electron chi connectivity index (χ3n) is 8.10. The van der Waals surface area contributed by atoms with Crippen LogP contribution in [0.3, 0.4) is 0 Å². The van der Waals surface area contributed by atoms with E-state index in [0.717, 1.165) is 63.1 Å². The molecule has 1 aromatic rings. The lowest BCUT2D eigenvalue weighted by Crippen LogP contribution is -2.52. The standard InChI is InChI=1S/C28H39N5O5/c1-28(2,3)38-27(37)32-15-11-19(12-16-32)31-13-9-18(10-14-31)29-22-6-4-5-20-21(22)17-33(26(20)36)23-7-8-24(34)30-25(23)35/h4-6,18-19,23,29H,7-17H2,1-3H3,(H,30,34,35). The third-order valence-corrected chi connectivity index (χ3v) is 8.10. The number of carbonyl (C=O) groups excluding carboxylic acids is 4. The van der Waals surface area contributed by atoms with Crippen LogP contribution in [-0.2, 0) is 20.9 Å². The van der Waals surface area contributed by atoms with Gasteiger partial charge in [-0.2, -0.15) is 0 Å². The number of hydrogen-bond donors (Lipinski definition) is 2. The average molecular weight is 526 g/mol. The molecule has 4 heterocycles. The molecule has 0 aromatic heterocycles. The maximum Gasteiger partial charge on any atom is 0.410 e. The molecule has 10 heteroatoms. The number of nitrogens with one attached hydrogen (secondary N) is 2. The minimum atomic E-state index is -0.606. The van der Waals surface area contributed by atoms with Crippen LogP contribution in [-0.4, -0.2) is 88.4 Å². The molecule has 0 saturated carbocycles. The van der Waals surface area contributed by atoms with E-state index < -0.39 is 11.6 Å². The number of benzene rings is 1. The second-order valence-electron chi connectivity index (χ2n) is 11.9. The van der Waals surface area contributed by atoms with Crippen molar-refractivity contribution >= 4 is 29.5 Å². The Morgan fingerprint density at radius 1 is 1.00 bits per heavy atom. The zero-order valence-electron chi connectivity index (χ0n) is 22.6. The maximum atomic E-state index is 13.1. The minimum Gasteiger partial charge on any atom is -0.444 e. The number of fused-ring (bicyclic) bond motifs is 1. The van der Waals surface area contributed by atoms with E-state index in [9.17, 15) is 19.2 Å². The summed E-state index contributed by atoms with van der Waals surface area (Å²) < 4.78 is 5.53. The third kappa shape index (κ3) is 5.65. The quantitative estimate of drug-likeness (QED) is 0.582. The second kappa shape index (κ2) is 10.6. The summed E-state index contributed by atoms with van der Waals surface area (Å²) >= 11 is 0. The van der Waals surface area contributed by atoms with Gasteiger partial charge in [0.15, 0.2) is 0 Å². The second-order valence-corrected chi connectivity index (χ2v) is 11.9. The molecule has 0 radical (unpaired) electrons. The molecule has 1 atom stereocenters. The Balaban J connectivity index is 1.13. The van der Waals surface area contributed by atoms with Gasteiger partial charge in [0.1, 0.15) is 11.6 Å². The average Bonchev–Trinajstić information content (AvgIpc) is 3.21. The Bertz CT molecular complexity index is 1100. The van der Waals surface area contributed by atoms with Gasteiger partial charge in [-0.25, -0.2) is 4.79 Å². The van der Waals surface area contributed by atoms with Crippen LogP contribution < -0.4 is 10.6 Å². The number of nitrogens with zero attached hydrogens (tertiary/aromatic N) is 3. The maximum absolute atomic E-state index is 13.1. The van der Waals surface area contributed by atoms with Crippen molar-refractivity contribution in [2.45, 2.75) is 89.6 Å². The molecular weight excluding hydrogens is 486 g/mol. The van der Waals surface area contributed by atoms with Crippen LogP contribution in [0.25, 0.3) is 0 Å². The first-order valence-corrected chi connectivity index (χ1v) is 13.8. The molecule has 0 bridgehead atoms. The lowest BCUT2D eigenvalue weighted by molar-refractivity contribution is -0.136. The number of likely N-dealkylation sites (tertiary alicyclic amines) is 2. The Kier molecular flexibility index (Phi) is 7.35. The smallest absolute Gasteiger partial charge is 0.410 e. The van der Waals surface area contributed by atoms with E-state index in [1.807, 2.05) is 43.9 Å². The van der Waals surface area contributed by atoms with E-state index >= 15 is 0 Å². The topological polar surface area (TPSA) is 111 Å². The van der Waals surface area contributed by atoms with E-state index in [2.05, 4.69) is 15.5 Å². The first-order chi connectivity index (χ1) is 18.1. The minimum absolute atomic E-state index is 0.148. The van der Waals surface area contributed by atoms with E-state index in [0.29, 0.717) is 30.6 Å². The molecular formula is C28H39N5O5. The number of amides is 4. The summed E-state index contributed by atoms with van der Waals surface area (Å²) in [4.78, 5) is 55.4. The first kappa shape index (κ1) is 26.5. The highest BCUT2D eigenvalue weighted by Gasteiger charge is 2.40. The molecule has 38 heavy (non-hydrogen) atoms. The summed E-state index contributed by atoms with van der Waals surface area (Å²) in [5, 5.41) is 6.05. The summed E-state index contributed by atoms with van der Waals surface area (Å²) in [5.74, 6) is -0.815. The summed E-state index contributed by atoms with van der Waals surface area (Å²) in [5.41, 5.74) is 2.04. The van der Waals surface area contributed by atoms with E-state index in [-0.39, 0.29) is 30.2 Å². The fourth-order valence-corrected chi connectivity index (χ4v) is 6.09. The molecule has 4 aliphatic heterocycles. The van der Waals surface area contributed by atoms with Crippen LogP contribution >= 0.6 is 0 Å². The molecule has 0 spiro atoms. The predicted octanol–water partition coefficient (Wildman–Crippen LogP) is 2.72. The van der Waals surface area contributed by atoms with Crippen LogP contribution in [0.4, 0.5) is 10.5 Å². The normalized spacial score (nSPS) is 23.9. The van der Waals surface area contributed by atoms with E-state index in [1.54, 1.807) is 4.90 Å². The molecule has 0 aliphatic carbocycles. The number of rotatable bonds is 4. The number of piperidine rings is 3. The van der Waals surface area contributed by atoms with Crippen molar-refractivity contribution in [3.8, 4) is 0 Å². The van der Waals surface area contributed by atoms with Crippen LogP contribution in [0.1, 0.15) is 75.2 Å². The summed E-state index contributed by atoms with van der Waals surface area (Å²) in [6, 6.07) is 5.90. The van der Waals surface area contributed by atoms with Crippen molar-refractivity contribution in [1.82, 2.24) is 20.0 Å². The van der Waals surface area contributed by atoms with E-state index in [4.69, 9.17) is 4.74 Å². The lowest BCUT2D eigenvalue weighted by atomic mass is 9.97. The van der Waals surface area contributed by atoms with Crippen LogP contribution in [0.5, 0.6) is 0 Å². The van der Waals surface area contributed by atoms with Crippen LogP contribution in [0, 0.1) is 0 Å². The molecule has 2 N–H and O–H groups in total.